The maximum Gasteiger partial charge on any atom is 0.370 e. The Labute approximate surface area is 102 Å². The number of aliphatic carboxylic acids is 1. The number of carboxylic acid groups (broad SMARTS) is 1. The number of rotatable bonds is 3. The summed E-state index contributed by atoms with van der Waals surface area (Å²) in [6.07, 6.45) is 0.331. The lowest BCUT2D eigenvalue weighted by Crippen LogP contribution is -2.54. The summed E-state index contributed by atoms with van der Waals surface area (Å²) in [4.78, 5) is 44.9. The molecule has 2 saturated heterocycles. The molecule has 0 bridgehead atoms. The van der Waals surface area contributed by atoms with E-state index in [4.69, 9.17) is 9.84 Å². The number of nitrogens with one attached hydrogen (secondary N) is 2. The van der Waals surface area contributed by atoms with Gasteiger partial charge in [-0.05, 0) is 6.42 Å². The first-order chi connectivity index (χ1) is 8.43. The SMILES string of the molecule is O=C1CC[C@@H](C(=O)O[C@@]2(C(=O)O)CCC(=O)N2)N1. The van der Waals surface area contributed by atoms with E-state index in [0.717, 1.165) is 0 Å². The van der Waals surface area contributed by atoms with E-state index < -0.39 is 29.6 Å². The van der Waals surface area contributed by atoms with Gasteiger partial charge in [-0.3, -0.25) is 9.59 Å². The Hall–Kier alpha value is -2.12. The highest BCUT2D eigenvalue weighted by molar-refractivity contribution is 5.93. The molecule has 2 rings (SSSR count). The van der Waals surface area contributed by atoms with Crippen molar-refractivity contribution in [2.45, 2.75) is 37.5 Å². The van der Waals surface area contributed by atoms with Crippen molar-refractivity contribution in [3.63, 3.8) is 0 Å². The van der Waals surface area contributed by atoms with Gasteiger partial charge in [0.15, 0.2) is 0 Å². The van der Waals surface area contributed by atoms with Gasteiger partial charge >= 0.3 is 11.9 Å². The van der Waals surface area contributed by atoms with E-state index in [2.05, 4.69) is 10.6 Å². The van der Waals surface area contributed by atoms with E-state index >= 15 is 0 Å². The molecular formula is C10H12N2O6. The minimum absolute atomic E-state index is 0.0173. The quantitative estimate of drug-likeness (QED) is 0.528. The van der Waals surface area contributed by atoms with Crippen molar-refractivity contribution < 1.29 is 29.0 Å². The van der Waals surface area contributed by atoms with Gasteiger partial charge in [0.05, 0.1) is 0 Å². The standard InChI is InChI=1S/C10H12N2O6/c13-6-2-1-5(11-6)8(15)18-10(9(16)17)4-3-7(14)12-10/h5H,1-4H2,(H,11,13)(H,12,14)(H,16,17)/t5-,10+/m0/s1. The molecule has 0 aromatic heterocycles. The van der Waals surface area contributed by atoms with Crippen LogP contribution < -0.4 is 10.6 Å². The molecule has 18 heavy (non-hydrogen) atoms. The number of amides is 2. The van der Waals surface area contributed by atoms with Crippen molar-refractivity contribution in [3.05, 3.63) is 0 Å². The molecule has 2 amide bonds. The molecule has 98 valence electrons. The first kappa shape index (κ1) is 12.3. The average molecular weight is 256 g/mol. The molecule has 0 unspecified atom stereocenters. The second kappa shape index (κ2) is 4.28. The van der Waals surface area contributed by atoms with Crippen molar-refractivity contribution in [3.8, 4) is 0 Å². The fourth-order valence-electron chi connectivity index (χ4n) is 1.95. The zero-order valence-electron chi connectivity index (χ0n) is 9.39. The molecule has 2 heterocycles. The molecule has 2 atom stereocenters. The van der Waals surface area contributed by atoms with Gasteiger partial charge in [0.2, 0.25) is 11.8 Å². The van der Waals surface area contributed by atoms with Crippen LogP contribution in [0.3, 0.4) is 0 Å². The molecule has 2 aliphatic rings. The summed E-state index contributed by atoms with van der Waals surface area (Å²) in [5.41, 5.74) is -2.00. The van der Waals surface area contributed by atoms with Crippen molar-refractivity contribution in [2.75, 3.05) is 0 Å². The topological polar surface area (TPSA) is 122 Å². The van der Waals surface area contributed by atoms with Crippen LogP contribution in [-0.4, -0.2) is 40.6 Å². The Bertz CT molecular complexity index is 434. The van der Waals surface area contributed by atoms with E-state index in [1.165, 1.54) is 0 Å². The molecule has 2 fully saturated rings. The Kier molecular flexibility index (Phi) is 2.93. The molecule has 2 aliphatic heterocycles. The van der Waals surface area contributed by atoms with Crippen LogP contribution in [-0.2, 0) is 23.9 Å². The van der Waals surface area contributed by atoms with E-state index in [-0.39, 0.29) is 31.6 Å². The van der Waals surface area contributed by atoms with Crippen molar-refractivity contribution in [2.24, 2.45) is 0 Å². The van der Waals surface area contributed by atoms with Gasteiger partial charge in [-0.25, -0.2) is 9.59 Å². The van der Waals surface area contributed by atoms with Crippen LogP contribution in [0.15, 0.2) is 0 Å². The lowest BCUT2D eigenvalue weighted by molar-refractivity contribution is -0.182. The predicted octanol–water partition coefficient (Wildman–Crippen LogP) is -1.50. The largest absolute Gasteiger partial charge is 0.477 e. The van der Waals surface area contributed by atoms with Gasteiger partial charge in [-0.15, -0.1) is 0 Å². The number of carbonyl (C=O) groups excluding carboxylic acids is 3. The smallest absolute Gasteiger partial charge is 0.370 e. The number of esters is 1. The molecule has 0 aliphatic carbocycles. The zero-order valence-corrected chi connectivity index (χ0v) is 9.39. The number of hydrogen-bond donors (Lipinski definition) is 3. The summed E-state index contributed by atoms with van der Waals surface area (Å²) in [6.45, 7) is 0. The van der Waals surface area contributed by atoms with Gasteiger partial charge < -0.3 is 20.5 Å². The fraction of sp³-hybridized carbons (Fsp3) is 0.600. The molecule has 8 nitrogen and oxygen atoms in total. The number of hydrogen-bond acceptors (Lipinski definition) is 5. The fourth-order valence-corrected chi connectivity index (χ4v) is 1.95. The lowest BCUT2D eigenvalue weighted by Gasteiger charge is -2.25. The Balaban J connectivity index is 2.06. The van der Waals surface area contributed by atoms with Gasteiger partial charge in [-0.2, -0.15) is 0 Å². The highest BCUT2D eigenvalue weighted by Crippen LogP contribution is 2.23. The Morgan fingerprint density at radius 2 is 2.00 bits per heavy atom. The highest BCUT2D eigenvalue weighted by atomic mass is 16.6. The van der Waals surface area contributed by atoms with E-state index in [9.17, 15) is 19.2 Å². The summed E-state index contributed by atoms with van der Waals surface area (Å²) in [5.74, 6) is -3.03. The lowest BCUT2D eigenvalue weighted by atomic mass is 10.1. The van der Waals surface area contributed by atoms with Crippen LogP contribution in [0.2, 0.25) is 0 Å². The van der Waals surface area contributed by atoms with Crippen LogP contribution in [0.5, 0.6) is 0 Å². The van der Waals surface area contributed by atoms with Gasteiger partial charge in [-0.1, -0.05) is 0 Å². The molecule has 0 aromatic rings. The van der Waals surface area contributed by atoms with Gasteiger partial charge in [0.1, 0.15) is 6.04 Å². The second-order valence-corrected chi connectivity index (χ2v) is 4.26. The van der Waals surface area contributed by atoms with Crippen LogP contribution in [0.4, 0.5) is 0 Å². The third-order valence-corrected chi connectivity index (χ3v) is 2.95. The van der Waals surface area contributed by atoms with Gasteiger partial charge in [0, 0.05) is 19.3 Å². The average Bonchev–Trinajstić information content (AvgIpc) is 2.86. The van der Waals surface area contributed by atoms with Crippen molar-refractivity contribution >= 4 is 23.8 Å². The minimum Gasteiger partial charge on any atom is -0.477 e. The first-order valence-electron chi connectivity index (χ1n) is 5.49. The summed E-state index contributed by atoms with van der Waals surface area (Å²) < 4.78 is 4.88. The summed E-state index contributed by atoms with van der Waals surface area (Å²) in [6, 6.07) is -0.841. The summed E-state index contributed by atoms with van der Waals surface area (Å²) >= 11 is 0. The van der Waals surface area contributed by atoms with E-state index in [1.54, 1.807) is 0 Å². The number of ether oxygens (including phenoxy) is 1. The molecule has 0 radical (unpaired) electrons. The van der Waals surface area contributed by atoms with Gasteiger partial charge in [0.25, 0.3) is 5.72 Å². The van der Waals surface area contributed by atoms with E-state index in [1.807, 2.05) is 0 Å². The second-order valence-electron chi connectivity index (χ2n) is 4.26. The molecule has 0 spiro atoms. The first-order valence-corrected chi connectivity index (χ1v) is 5.49. The third-order valence-electron chi connectivity index (χ3n) is 2.95. The molecule has 0 aromatic carbocycles. The minimum atomic E-state index is -2.00. The van der Waals surface area contributed by atoms with Crippen molar-refractivity contribution in [1.82, 2.24) is 10.6 Å². The Morgan fingerprint density at radius 3 is 2.44 bits per heavy atom. The monoisotopic (exact) mass is 256 g/mol. The number of carboxylic acids is 1. The molecule has 8 heteroatoms. The van der Waals surface area contributed by atoms with Crippen LogP contribution >= 0.6 is 0 Å². The summed E-state index contributed by atoms with van der Waals surface area (Å²) in [5, 5.41) is 13.6. The maximum absolute atomic E-state index is 11.7. The van der Waals surface area contributed by atoms with Crippen LogP contribution in [0, 0.1) is 0 Å². The molecule has 3 N–H and O–H groups in total. The highest BCUT2D eigenvalue weighted by Gasteiger charge is 2.50. The Morgan fingerprint density at radius 1 is 1.28 bits per heavy atom. The van der Waals surface area contributed by atoms with E-state index in [0.29, 0.717) is 0 Å². The third kappa shape index (κ3) is 2.13. The summed E-state index contributed by atoms with van der Waals surface area (Å²) in [7, 11) is 0. The maximum atomic E-state index is 11.7. The molecular weight excluding hydrogens is 244 g/mol. The van der Waals surface area contributed by atoms with Crippen LogP contribution in [0.1, 0.15) is 25.7 Å². The molecule has 0 saturated carbocycles. The normalized spacial score (nSPS) is 30.8. The predicted molar refractivity (Wildman–Crippen MR) is 55.0 cm³/mol. The number of carbonyl (C=O) groups is 4. The van der Waals surface area contributed by atoms with Crippen LogP contribution in [0.25, 0.3) is 0 Å². The zero-order chi connectivity index (χ0) is 13.3. The van der Waals surface area contributed by atoms with Crippen molar-refractivity contribution in [1.29, 1.82) is 0 Å².